The number of nitrogens with zero attached hydrogens (tertiary/aromatic N) is 3. The summed E-state index contributed by atoms with van der Waals surface area (Å²) in [5, 5.41) is 9.17. The van der Waals surface area contributed by atoms with Gasteiger partial charge in [0.05, 0.1) is 11.4 Å². The maximum absolute atomic E-state index is 12.7. The Morgan fingerprint density at radius 1 is 1.40 bits per heavy atom. The molecule has 1 aliphatic rings. The molecule has 1 aliphatic heterocycles. The number of nitrogens with two attached hydrogens (primary N) is 1. The lowest BCUT2D eigenvalue weighted by Gasteiger charge is -2.20. The van der Waals surface area contributed by atoms with Gasteiger partial charge >= 0.3 is 0 Å². The van der Waals surface area contributed by atoms with Crippen LogP contribution in [0.25, 0.3) is 10.2 Å². The molecular formula is C14H18N4OS. The maximum Gasteiger partial charge on any atom is 0.266 e. The first-order chi connectivity index (χ1) is 9.50. The van der Waals surface area contributed by atoms with Crippen molar-refractivity contribution in [2.75, 3.05) is 12.3 Å². The lowest BCUT2D eigenvalue weighted by molar-refractivity contribution is 0.0753. The van der Waals surface area contributed by atoms with E-state index in [0.717, 1.165) is 40.9 Å². The Morgan fingerprint density at radius 2 is 2.15 bits per heavy atom. The van der Waals surface area contributed by atoms with Gasteiger partial charge in [0.25, 0.3) is 5.91 Å². The molecule has 0 saturated carbocycles. The fourth-order valence-electron chi connectivity index (χ4n) is 2.76. The summed E-state index contributed by atoms with van der Waals surface area (Å²) in [6, 6.07) is 0.293. The predicted octanol–water partition coefficient (Wildman–Crippen LogP) is 2.51. The van der Waals surface area contributed by atoms with Crippen LogP contribution in [0.15, 0.2) is 0 Å². The van der Waals surface area contributed by atoms with Crippen LogP contribution in [0.1, 0.15) is 40.7 Å². The average Bonchev–Trinajstić information content (AvgIpc) is 2.98. The van der Waals surface area contributed by atoms with Crippen molar-refractivity contribution in [1.82, 2.24) is 15.1 Å². The molecule has 1 unspecified atom stereocenters. The van der Waals surface area contributed by atoms with E-state index in [1.165, 1.54) is 11.3 Å². The number of anilines is 1. The summed E-state index contributed by atoms with van der Waals surface area (Å²) in [7, 11) is 0. The SMILES string of the molecule is Cc1nnc2sc(C(=O)N3CCCC3C)c(N)c2c1C. The van der Waals surface area contributed by atoms with Crippen LogP contribution in [0.2, 0.25) is 0 Å². The molecule has 0 aliphatic carbocycles. The number of carbonyl (C=O) groups is 1. The van der Waals surface area contributed by atoms with Crippen LogP contribution in [0.3, 0.4) is 0 Å². The van der Waals surface area contributed by atoms with Crippen molar-refractivity contribution in [3.8, 4) is 0 Å². The van der Waals surface area contributed by atoms with Crippen molar-refractivity contribution < 1.29 is 4.79 Å². The molecule has 1 amide bonds. The van der Waals surface area contributed by atoms with Crippen molar-refractivity contribution >= 4 is 33.1 Å². The first kappa shape index (κ1) is 13.3. The zero-order valence-corrected chi connectivity index (χ0v) is 12.8. The number of carbonyl (C=O) groups excluding carboxylic acids is 1. The van der Waals surface area contributed by atoms with Crippen molar-refractivity contribution in [3.63, 3.8) is 0 Å². The molecule has 0 aromatic carbocycles. The number of fused-ring (bicyclic) bond motifs is 1. The van der Waals surface area contributed by atoms with Crippen LogP contribution in [0.5, 0.6) is 0 Å². The molecule has 0 spiro atoms. The molecular weight excluding hydrogens is 272 g/mol. The Hall–Kier alpha value is -1.69. The topological polar surface area (TPSA) is 72.1 Å². The second-order valence-electron chi connectivity index (χ2n) is 5.43. The highest BCUT2D eigenvalue weighted by molar-refractivity contribution is 7.21. The minimum absolute atomic E-state index is 0.0348. The van der Waals surface area contributed by atoms with E-state index in [0.29, 0.717) is 16.6 Å². The molecule has 3 rings (SSSR count). The Labute approximate surface area is 121 Å². The number of nitrogen functional groups attached to an aromatic ring is 1. The molecule has 0 bridgehead atoms. The highest BCUT2D eigenvalue weighted by atomic mass is 32.1. The van der Waals surface area contributed by atoms with Gasteiger partial charge < -0.3 is 10.6 Å². The van der Waals surface area contributed by atoms with E-state index in [9.17, 15) is 4.79 Å². The summed E-state index contributed by atoms with van der Waals surface area (Å²) in [6.07, 6.45) is 2.13. The zero-order chi connectivity index (χ0) is 14.4. The van der Waals surface area contributed by atoms with E-state index in [2.05, 4.69) is 17.1 Å². The zero-order valence-electron chi connectivity index (χ0n) is 11.9. The first-order valence-electron chi connectivity index (χ1n) is 6.83. The maximum atomic E-state index is 12.7. The quantitative estimate of drug-likeness (QED) is 0.876. The summed E-state index contributed by atoms with van der Waals surface area (Å²) in [4.78, 5) is 15.9. The molecule has 2 aromatic heterocycles. The van der Waals surface area contributed by atoms with Gasteiger partial charge in [-0.2, -0.15) is 5.10 Å². The highest BCUT2D eigenvalue weighted by Crippen LogP contribution is 2.36. The van der Waals surface area contributed by atoms with Crippen molar-refractivity contribution in [2.45, 2.75) is 39.7 Å². The Morgan fingerprint density at radius 3 is 2.80 bits per heavy atom. The third kappa shape index (κ3) is 1.86. The number of aromatic nitrogens is 2. The van der Waals surface area contributed by atoms with E-state index in [-0.39, 0.29) is 5.91 Å². The molecule has 2 N–H and O–H groups in total. The lowest BCUT2D eigenvalue weighted by Crippen LogP contribution is -2.33. The van der Waals surface area contributed by atoms with E-state index in [1.807, 2.05) is 18.7 Å². The smallest absolute Gasteiger partial charge is 0.266 e. The number of thiophene rings is 1. The Bertz CT molecular complexity index is 694. The second-order valence-corrected chi connectivity index (χ2v) is 6.42. The number of aryl methyl sites for hydroxylation is 2. The fourth-order valence-corrected chi connectivity index (χ4v) is 3.82. The molecule has 1 fully saturated rings. The lowest BCUT2D eigenvalue weighted by atomic mass is 10.1. The van der Waals surface area contributed by atoms with Crippen LogP contribution in [0.4, 0.5) is 5.69 Å². The summed E-state index contributed by atoms with van der Waals surface area (Å²) in [5.74, 6) is 0.0348. The number of rotatable bonds is 1. The van der Waals surface area contributed by atoms with Crippen molar-refractivity contribution in [3.05, 3.63) is 16.1 Å². The van der Waals surface area contributed by atoms with Crippen molar-refractivity contribution in [2.24, 2.45) is 0 Å². The minimum atomic E-state index is 0.0348. The number of likely N-dealkylation sites (tertiary alicyclic amines) is 1. The van der Waals surface area contributed by atoms with E-state index >= 15 is 0 Å². The van der Waals surface area contributed by atoms with Gasteiger partial charge in [-0.25, -0.2) is 0 Å². The minimum Gasteiger partial charge on any atom is -0.397 e. The van der Waals surface area contributed by atoms with Crippen LogP contribution in [-0.2, 0) is 0 Å². The average molecular weight is 290 g/mol. The van der Waals surface area contributed by atoms with Gasteiger partial charge in [0, 0.05) is 18.0 Å². The van der Waals surface area contributed by atoms with Gasteiger partial charge in [-0.05, 0) is 39.2 Å². The van der Waals surface area contributed by atoms with E-state index < -0.39 is 0 Å². The standard InChI is InChI=1S/C14H18N4OS/c1-7-5-4-6-18(7)14(19)12-11(15)10-8(2)9(3)16-17-13(10)20-12/h7H,4-6,15H2,1-3H3. The second kappa shape index (κ2) is 4.70. The summed E-state index contributed by atoms with van der Waals surface area (Å²) in [6.45, 7) is 6.78. The number of hydrogen-bond acceptors (Lipinski definition) is 5. The van der Waals surface area contributed by atoms with Crippen LogP contribution < -0.4 is 5.73 Å². The molecule has 3 heterocycles. The van der Waals surface area contributed by atoms with Gasteiger partial charge in [0.15, 0.2) is 0 Å². The van der Waals surface area contributed by atoms with Gasteiger partial charge in [-0.3, -0.25) is 4.79 Å². The number of hydrogen-bond donors (Lipinski definition) is 1. The fraction of sp³-hybridized carbons (Fsp3) is 0.500. The number of amides is 1. The van der Waals surface area contributed by atoms with Crippen LogP contribution >= 0.6 is 11.3 Å². The third-order valence-corrected chi connectivity index (χ3v) is 5.22. The summed E-state index contributed by atoms with van der Waals surface area (Å²) in [5.41, 5.74) is 8.65. The van der Waals surface area contributed by atoms with Gasteiger partial charge in [-0.15, -0.1) is 16.4 Å². The van der Waals surface area contributed by atoms with Crippen LogP contribution in [0, 0.1) is 13.8 Å². The molecule has 1 saturated heterocycles. The largest absolute Gasteiger partial charge is 0.397 e. The van der Waals surface area contributed by atoms with E-state index in [1.54, 1.807) is 0 Å². The summed E-state index contributed by atoms with van der Waals surface area (Å²) >= 11 is 1.35. The Balaban J connectivity index is 2.11. The molecule has 6 heteroatoms. The van der Waals surface area contributed by atoms with Crippen LogP contribution in [-0.4, -0.2) is 33.6 Å². The predicted molar refractivity (Wildman–Crippen MR) is 81.0 cm³/mol. The first-order valence-corrected chi connectivity index (χ1v) is 7.65. The molecule has 0 radical (unpaired) electrons. The highest BCUT2D eigenvalue weighted by Gasteiger charge is 2.29. The van der Waals surface area contributed by atoms with E-state index in [4.69, 9.17) is 5.73 Å². The summed E-state index contributed by atoms with van der Waals surface area (Å²) < 4.78 is 0. The Kier molecular flexibility index (Phi) is 3.12. The third-order valence-electron chi connectivity index (χ3n) is 4.14. The normalized spacial score (nSPS) is 18.9. The molecule has 2 aromatic rings. The van der Waals surface area contributed by atoms with Gasteiger partial charge in [0.1, 0.15) is 9.71 Å². The monoisotopic (exact) mass is 290 g/mol. The van der Waals surface area contributed by atoms with Crippen molar-refractivity contribution in [1.29, 1.82) is 0 Å². The van der Waals surface area contributed by atoms with Gasteiger partial charge in [0.2, 0.25) is 0 Å². The van der Waals surface area contributed by atoms with Gasteiger partial charge in [-0.1, -0.05) is 0 Å². The molecule has 5 nitrogen and oxygen atoms in total. The molecule has 1 atom stereocenters. The molecule has 20 heavy (non-hydrogen) atoms. The molecule has 106 valence electrons.